The molecule has 0 saturated carbocycles. The Labute approximate surface area is 81.1 Å². The predicted octanol–water partition coefficient (Wildman–Crippen LogP) is 1.50. The first-order valence-electron chi connectivity index (χ1n) is 4.67. The van der Waals surface area contributed by atoms with Crippen LogP contribution in [0.15, 0.2) is 0 Å². The van der Waals surface area contributed by atoms with Crippen LogP contribution in [-0.2, 0) is 4.79 Å². The van der Waals surface area contributed by atoms with Crippen LogP contribution in [-0.4, -0.2) is 43.4 Å². The van der Waals surface area contributed by atoms with Crippen LogP contribution in [0.4, 0.5) is 13.2 Å². The van der Waals surface area contributed by atoms with Crippen molar-refractivity contribution in [3.63, 3.8) is 0 Å². The number of Topliss-reactive ketones (excluding diaryl/α,β-unsaturated/α-hetero) is 1. The monoisotopic (exact) mass is 209 g/mol. The van der Waals surface area contributed by atoms with E-state index in [1.807, 2.05) is 11.9 Å². The van der Waals surface area contributed by atoms with E-state index < -0.39 is 24.3 Å². The molecule has 0 aromatic carbocycles. The molecule has 1 heterocycles. The summed E-state index contributed by atoms with van der Waals surface area (Å²) in [7, 11) is 1.89. The van der Waals surface area contributed by atoms with Crippen LogP contribution in [0.5, 0.6) is 0 Å². The number of likely N-dealkylation sites (tertiary alicyclic amines) is 1. The van der Waals surface area contributed by atoms with E-state index in [9.17, 15) is 18.0 Å². The number of rotatable bonds is 3. The number of nitrogens with zero attached hydrogens (tertiary/aromatic N) is 1. The summed E-state index contributed by atoms with van der Waals surface area (Å²) in [5.74, 6) is -2.08. The minimum absolute atomic E-state index is 0.482. The summed E-state index contributed by atoms with van der Waals surface area (Å²) in [5, 5.41) is 0. The third kappa shape index (κ3) is 2.70. The van der Waals surface area contributed by atoms with Gasteiger partial charge < -0.3 is 4.90 Å². The van der Waals surface area contributed by atoms with Crippen LogP contribution in [0.25, 0.3) is 0 Å². The molecule has 0 amide bonds. The highest BCUT2D eigenvalue weighted by atomic mass is 19.3. The van der Waals surface area contributed by atoms with Crippen molar-refractivity contribution in [1.82, 2.24) is 4.90 Å². The van der Waals surface area contributed by atoms with Gasteiger partial charge in [0.1, 0.15) is 0 Å². The standard InChI is InChI=1S/C9H14F3NO/c1-13-4-2-6(3-5-13)7(10)8(14)9(11)12/h6-7,9H,2-5H2,1H3. The molecule has 0 aliphatic carbocycles. The summed E-state index contributed by atoms with van der Waals surface area (Å²) < 4.78 is 37.0. The van der Waals surface area contributed by atoms with Crippen LogP contribution in [0.2, 0.25) is 0 Å². The number of hydrogen-bond donors (Lipinski definition) is 0. The molecular formula is C9H14F3NO. The van der Waals surface area contributed by atoms with Crippen molar-refractivity contribution in [3.8, 4) is 0 Å². The zero-order valence-corrected chi connectivity index (χ0v) is 8.05. The van der Waals surface area contributed by atoms with Crippen LogP contribution in [0.1, 0.15) is 12.8 Å². The fourth-order valence-electron chi connectivity index (χ4n) is 1.67. The largest absolute Gasteiger partial charge is 0.306 e. The quantitative estimate of drug-likeness (QED) is 0.702. The molecule has 0 bridgehead atoms. The number of carbonyl (C=O) groups is 1. The Hall–Kier alpha value is -0.580. The third-order valence-corrected chi connectivity index (χ3v) is 2.66. The maximum atomic E-state index is 13.2. The van der Waals surface area contributed by atoms with Crippen molar-refractivity contribution in [2.75, 3.05) is 20.1 Å². The minimum atomic E-state index is -3.18. The molecule has 0 radical (unpaired) electrons. The zero-order chi connectivity index (χ0) is 10.7. The van der Waals surface area contributed by atoms with E-state index in [2.05, 4.69) is 0 Å². The van der Waals surface area contributed by atoms with E-state index in [0.717, 1.165) is 0 Å². The van der Waals surface area contributed by atoms with Gasteiger partial charge in [-0.3, -0.25) is 4.79 Å². The lowest BCUT2D eigenvalue weighted by atomic mass is 9.90. The van der Waals surface area contributed by atoms with Crippen molar-refractivity contribution in [1.29, 1.82) is 0 Å². The van der Waals surface area contributed by atoms with Gasteiger partial charge in [0.2, 0.25) is 5.78 Å². The zero-order valence-electron chi connectivity index (χ0n) is 8.05. The van der Waals surface area contributed by atoms with Gasteiger partial charge in [-0.25, -0.2) is 13.2 Å². The molecule has 1 atom stereocenters. The second-order valence-electron chi connectivity index (χ2n) is 3.75. The number of carbonyl (C=O) groups excluding carboxylic acids is 1. The Morgan fingerprint density at radius 2 is 1.79 bits per heavy atom. The van der Waals surface area contributed by atoms with Gasteiger partial charge in [-0.15, -0.1) is 0 Å². The van der Waals surface area contributed by atoms with Gasteiger partial charge in [-0.1, -0.05) is 0 Å². The maximum Gasteiger partial charge on any atom is 0.299 e. The highest BCUT2D eigenvalue weighted by molar-refractivity contribution is 5.86. The lowest BCUT2D eigenvalue weighted by Crippen LogP contribution is -2.38. The molecule has 1 rings (SSSR count). The maximum absolute atomic E-state index is 13.2. The van der Waals surface area contributed by atoms with Crippen molar-refractivity contribution in [2.24, 2.45) is 5.92 Å². The fourth-order valence-corrected chi connectivity index (χ4v) is 1.67. The van der Waals surface area contributed by atoms with E-state index in [-0.39, 0.29) is 0 Å². The summed E-state index contributed by atoms with van der Waals surface area (Å²) >= 11 is 0. The van der Waals surface area contributed by atoms with E-state index in [1.54, 1.807) is 0 Å². The molecule has 1 aliphatic rings. The molecule has 1 unspecified atom stereocenters. The molecule has 14 heavy (non-hydrogen) atoms. The Kier molecular flexibility index (Phi) is 3.92. The normalized spacial score (nSPS) is 22.6. The first-order valence-corrected chi connectivity index (χ1v) is 4.67. The van der Waals surface area contributed by atoms with Gasteiger partial charge >= 0.3 is 0 Å². The summed E-state index contributed by atoms with van der Waals surface area (Å²) in [6.07, 6.45) is -4.19. The van der Waals surface area contributed by atoms with Gasteiger partial charge in [0.15, 0.2) is 6.17 Å². The van der Waals surface area contributed by atoms with Gasteiger partial charge in [-0.05, 0) is 38.9 Å². The number of alkyl halides is 3. The Morgan fingerprint density at radius 3 is 2.21 bits per heavy atom. The number of piperidine rings is 1. The molecule has 1 aliphatic heterocycles. The van der Waals surface area contributed by atoms with Gasteiger partial charge in [0, 0.05) is 0 Å². The summed E-state index contributed by atoms with van der Waals surface area (Å²) in [5.41, 5.74) is 0. The first kappa shape index (κ1) is 11.5. The molecule has 0 aromatic heterocycles. The average molecular weight is 209 g/mol. The summed E-state index contributed by atoms with van der Waals surface area (Å²) in [4.78, 5) is 12.7. The SMILES string of the molecule is CN1CCC(C(F)C(=O)C(F)F)CC1. The Morgan fingerprint density at radius 1 is 1.29 bits per heavy atom. The van der Waals surface area contributed by atoms with Crippen molar-refractivity contribution < 1.29 is 18.0 Å². The average Bonchev–Trinajstić information content (AvgIpc) is 2.16. The van der Waals surface area contributed by atoms with Crippen molar-refractivity contribution in [3.05, 3.63) is 0 Å². The predicted molar refractivity (Wildman–Crippen MR) is 46.1 cm³/mol. The number of hydrogen-bond acceptors (Lipinski definition) is 2. The Bertz CT molecular complexity index is 202. The van der Waals surface area contributed by atoms with E-state index in [4.69, 9.17) is 0 Å². The van der Waals surface area contributed by atoms with Gasteiger partial charge in [0.25, 0.3) is 6.43 Å². The topological polar surface area (TPSA) is 20.3 Å². The molecule has 0 N–H and O–H groups in total. The second-order valence-corrected chi connectivity index (χ2v) is 3.75. The van der Waals surface area contributed by atoms with Gasteiger partial charge in [-0.2, -0.15) is 0 Å². The second kappa shape index (κ2) is 4.77. The molecule has 0 aromatic rings. The lowest BCUT2D eigenvalue weighted by Gasteiger charge is -2.30. The molecule has 5 heteroatoms. The van der Waals surface area contributed by atoms with Crippen LogP contribution >= 0.6 is 0 Å². The lowest BCUT2D eigenvalue weighted by molar-refractivity contribution is -0.137. The highest BCUT2D eigenvalue weighted by Crippen LogP contribution is 2.24. The number of halogens is 3. The molecule has 1 saturated heterocycles. The summed E-state index contributed by atoms with van der Waals surface area (Å²) in [6.45, 7) is 1.34. The molecular weight excluding hydrogens is 195 g/mol. The minimum Gasteiger partial charge on any atom is -0.306 e. The third-order valence-electron chi connectivity index (χ3n) is 2.66. The first-order chi connectivity index (χ1) is 6.52. The van der Waals surface area contributed by atoms with E-state index in [1.165, 1.54) is 0 Å². The molecule has 82 valence electrons. The van der Waals surface area contributed by atoms with E-state index >= 15 is 0 Å². The smallest absolute Gasteiger partial charge is 0.299 e. The van der Waals surface area contributed by atoms with E-state index in [0.29, 0.717) is 25.9 Å². The van der Waals surface area contributed by atoms with Crippen LogP contribution < -0.4 is 0 Å². The Balaban J connectivity index is 2.45. The van der Waals surface area contributed by atoms with Crippen LogP contribution in [0, 0.1) is 5.92 Å². The number of ketones is 1. The highest BCUT2D eigenvalue weighted by Gasteiger charge is 2.34. The molecule has 2 nitrogen and oxygen atoms in total. The summed E-state index contributed by atoms with van der Waals surface area (Å²) in [6, 6.07) is 0. The molecule has 0 spiro atoms. The fraction of sp³-hybridized carbons (Fsp3) is 0.889. The van der Waals surface area contributed by atoms with Crippen molar-refractivity contribution >= 4 is 5.78 Å². The molecule has 1 fully saturated rings. The van der Waals surface area contributed by atoms with Gasteiger partial charge in [0.05, 0.1) is 0 Å². The van der Waals surface area contributed by atoms with Crippen LogP contribution in [0.3, 0.4) is 0 Å². The van der Waals surface area contributed by atoms with Crippen molar-refractivity contribution in [2.45, 2.75) is 25.4 Å².